The van der Waals surface area contributed by atoms with Crippen LogP contribution in [0.3, 0.4) is 0 Å². The Bertz CT molecular complexity index is 585. The number of hydrogen-bond donors (Lipinski definition) is 2. The molecule has 0 atom stereocenters. The van der Waals surface area contributed by atoms with Crippen molar-refractivity contribution in [2.24, 2.45) is 0 Å². The maximum atomic E-state index is 5.36. The number of anilines is 1. The number of benzene rings is 2. The van der Waals surface area contributed by atoms with Gasteiger partial charge in [-0.3, -0.25) is 0 Å². The van der Waals surface area contributed by atoms with Crippen molar-refractivity contribution in [1.82, 2.24) is 5.32 Å². The monoisotopic (exact) mass is 330 g/mol. The van der Waals surface area contributed by atoms with Crippen molar-refractivity contribution >= 4 is 34.8 Å². The van der Waals surface area contributed by atoms with Gasteiger partial charge in [-0.05, 0) is 35.8 Å². The Balaban J connectivity index is 1.65. The van der Waals surface area contributed by atoms with Gasteiger partial charge in [-0.15, -0.1) is 0 Å². The van der Waals surface area contributed by atoms with E-state index in [0.29, 0.717) is 5.11 Å². The van der Waals surface area contributed by atoms with Crippen molar-refractivity contribution in [3.8, 4) is 0 Å². The van der Waals surface area contributed by atoms with E-state index in [0.717, 1.165) is 30.2 Å². The number of hydrogen-bond acceptors (Lipinski definition) is 2. The number of thiocarbonyl (C=S) groups is 1. The first-order chi connectivity index (χ1) is 10.8. The van der Waals surface area contributed by atoms with E-state index in [1.807, 2.05) is 23.9 Å². The molecule has 2 aromatic carbocycles. The van der Waals surface area contributed by atoms with Crippen LogP contribution in [-0.4, -0.2) is 17.4 Å². The van der Waals surface area contributed by atoms with Gasteiger partial charge >= 0.3 is 0 Å². The summed E-state index contributed by atoms with van der Waals surface area (Å²) in [6.45, 7) is 3.02. The zero-order chi connectivity index (χ0) is 15.6. The van der Waals surface area contributed by atoms with Crippen LogP contribution < -0.4 is 10.6 Å². The molecule has 0 aliphatic carbocycles. The molecule has 0 heterocycles. The quantitative estimate of drug-likeness (QED) is 0.578. The van der Waals surface area contributed by atoms with Crippen LogP contribution in [0.15, 0.2) is 54.6 Å². The topological polar surface area (TPSA) is 24.1 Å². The van der Waals surface area contributed by atoms with Crippen molar-refractivity contribution in [3.63, 3.8) is 0 Å². The van der Waals surface area contributed by atoms with Crippen molar-refractivity contribution in [2.75, 3.05) is 17.6 Å². The minimum Gasteiger partial charge on any atom is -0.362 e. The third-order valence-electron chi connectivity index (χ3n) is 3.29. The molecule has 22 heavy (non-hydrogen) atoms. The van der Waals surface area contributed by atoms with E-state index in [4.69, 9.17) is 12.2 Å². The van der Waals surface area contributed by atoms with Gasteiger partial charge in [0.15, 0.2) is 5.11 Å². The summed E-state index contributed by atoms with van der Waals surface area (Å²) < 4.78 is 0. The van der Waals surface area contributed by atoms with E-state index >= 15 is 0 Å². The van der Waals surface area contributed by atoms with Gasteiger partial charge in [-0.1, -0.05) is 55.5 Å². The van der Waals surface area contributed by atoms with Crippen LogP contribution in [0.4, 0.5) is 5.69 Å². The fraction of sp³-hybridized carbons (Fsp3) is 0.278. The highest BCUT2D eigenvalue weighted by Crippen LogP contribution is 2.15. The summed E-state index contributed by atoms with van der Waals surface area (Å²) in [7, 11) is 0. The van der Waals surface area contributed by atoms with Crippen molar-refractivity contribution < 1.29 is 0 Å². The lowest BCUT2D eigenvalue weighted by Crippen LogP contribution is -2.30. The molecular formula is C18H22N2S2. The zero-order valence-electron chi connectivity index (χ0n) is 12.8. The average molecular weight is 331 g/mol. The number of rotatable bonds is 7. The molecule has 2 nitrogen and oxygen atoms in total. The SMILES string of the molecule is CCc1ccccc1NC(=S)NCCSCc1ccccc1. The van der Waals surface area contributed by atoms with E-state index in [9.17, 15) is 0 Å². The molecule has 0 aliphatic rings. The Hall–Kier alpha value is -1.52. The van der Waals surface area contributed by atoms with Gasteiger partial charge in [0.2, 0.25) is 0 Å². The molecule has 0 unspecified atom stereocenters. The molecule has 2 N–H and O–H groups in total. The smallest absolute Gasteiger partial charge is 0.170 e. The third kappa shape index (κ3) is 5.70. The lowest BCUT2D eigenvalue weighted by Gasteiger charge is -2.13. The summed E-state index contributed by atoms with van der Waals surface area (Å²) >= 11 is 7.27. The average Bonchev–Trinajstić information content (AvgIpc) is 2.56. The molecule has 2 aromatic rings. The number of para-hydroxylation sites is 1. The lowest BCUT2D eigenvalue weighted by atomic mass is 10.1. The highest BCUT2D eigenvalue weighted by molar-refractivity contribution is 7.98. The Morgan fingerprint density at radius 3 is 2.55 bits per heavy atom. The van der Waals surface area contributed by atoms with E-state index in [2.05, 4.69) is 60.0 Å². The van der Waals surface area contributed by atoms with Crippen LogP contribution in [0.25, 0.3) is 0 Å². The van der Waals surface area contributed by atoms with E-state index in [1.54, 1.807) is 0 Å². The molecule has 0 aromatic heterocycles. The van der Waals surface area contributed by atoms with Gasteiger partial charge in [-0.25, -0.2) is 0 Å². The molecule has 0 saturated carbocycles. The molecule has 2 rings (SSSR count). The predicted molar refractivity (Wildman–Crippen MR) is 103 cm³/mol. The fourth-order valence-electron chi connectivity index (χ4n) is 2.12. The molecule has 0 fully saturated rings. The van der Waals surface area contributed by atoms with Gasteiger partial charge in [0, 0.05) is 23.7 Å². The maximum absolute atomic E-state index is 5.36. The van der Waals surface area contributed by atoms with Gasteiger partial charge in [0.25, 0.3) is 0 Å². The van der Waals surface area contributed by atoms with Gasteiger partial charge < -0.3 is 10.6 Å². The lowest BCUT2D eigenvalue weighted by molar-refractivity contribution is 0.988. The van der Waals surface area contributed by atoms with E-state index in [-0.39, 0.29) is 0 Å². The molecule has 0 amide bonds. The molecular weight excluding hydrogens is 308 g/mol. The first-order valence-electron chi connectivity index (χ1n) is 7.54. The second-order valence-corrected chi connectivity index (χ2v) is 6.44. The number of thioether (sulfide) groups is 1. The normalized spacial score (nSPS) is 10.2. The van der Waals surface area contributed by atoms with Gasteiger partial charge in [0.1, 0.15) is 0 Å². The molecule has 0 bridgehead atoms. The minimum atomic E-state index is 0.696. The summed E-state index contributed by atoms with van der Waals surface area (Å²) in [5, 5.41) is 7.24. The maximum Gasteiger partial charge on any atom is 0.170 e. The van der Waals surface area contributed by atoms with Crippen LogP contribution >= 0.6 is 24.0 Å². The van der Waals surface area contributed by atoms with Crippen LogP contribution in [0, 0.1) is 0 Å². The van der Waals surface area contributed by atoms with Crippen LogP contribution in [-0.2, 0) is 12.2 Å². The largest absolute Gasteiger partial charge is 0.362 e. The molecule has 0 saturated heterocycles. The summed E-state index contributed by atoms with van der Waals surface area (Å²) in [6.07, 6.45) is 0.999. The first kappa shape index (κ1) is 16.8. The summed E-state index contributed by atoms with van der Waals surface area (Å²) in [5.74, 6) is 2.08. The number of nitrogens with one attached hydrogen (secondary N) is 2. The summed E-state index contributed by atoms with van der Waals surface area (Å²) in [5.41, 5.74) is 3.75. The fourth-order valence-corrected chi connectivity index (χ4v) is 3.15. The predicted octanol–water partition coefficient (Wildman–Crippen LogP) is 4.47. The van der Waals surface area contributed by atoms with Crippen LogP contribution in [0.2, 0.25) is 0 Å². The standard InChI is InChI=1S/C18H22N2S2/c1-2-16-10-6-7-11-17(16)20-18(21)19-12-13-22-14-15-8-4-3-5-9-15/h3-11H,2,12-14H2,1H3,(H2,19,20,21). The summed E-state index contributed by atoms with van der Waals surface area (Å²) in [4.78, 5) is 0. The summed E-state index contributed by atoms with van der Waals surface area (Å²) in [6, 6.07) is 18.8. The second-order valence-electron chi connectivity index (χ2n) is 4.93. The van der Waals surface area contributed by atoms with Crippen LogP contribution in [0.5, 0.6) is 0 Å². The van der Waals surface area contributed by atoms with Crippen molar-refractivity contribution in [1.29, 1.82) is 0 Å². The minimum absolute atomic E-state index is 0.696. The van der Waals surface area contributed by atoms with Gasteiger partial charge in [0.05, 0.1) is 0 Å². The molecule has 0 radical (unpaired) electrons. The Labute approximate surface area is 142 Å². The Kier molecular flexibility index (Phi) is 7.26. The molecule has 0 aliphatic heterocycles. The van der Waals surface area contributed by atoms with Crippen molar-refractivity contribution in [3.05, 3.63) is 65.7 Å². The second kappa shape index (κ2) is 9.49. The zero-order valence-corrected chi connectivity index (χ0v) is 14.5. The highest BCUT2D eigenvalue weighted by Gasteiger charge is 2.01. The van der Waals surface area contributed by atoms with E-state index in [1.165, 1.54) is 11.1 Å². The van der Waals surface area contributed by atoms with Crippen molar-refractivity contribution in [2.45, 2.75) is 19.1 Å². The Morgan fingerprint density at radius 2 is 1.77 bits per heavy atom. The van der Waals surface area contributed by atoms with Crippen LogP contribution in [0.1, 0.15) is 18.1 Å². The third-order valence-corrected chi connectivity index (χ3v) is 4.57. The molecule has 116 valence electrons. The van der Waals surface area contributed by atoms with Gasteiger partial charge in [-0.2, -0.15) is 11.8 Å². The first-order valence-corrected chi connectivity index (χ1v) is 9.10. The molecule has 4 heteroatoms. The number of aryl methyl sites for hydroxylation is 1. The van der Waals surface area contributed by atoms with E-state index < -0.39 is 0 Å². The Morgan fingerprint density at radius 1 is 1.05 bits per heavy atom. The molecule has 0 spiro atoms. The highest BCUT2D eigenvalue weighted by atomic mass is 32.2.